The fourth-order valence-electron chi connectivity index (χ4n) is 2.78. The molecule has 0 aliphatic carbocycles. The normalized spacial score (nSPS) is 10.7. The Kier molecular flexibility index (Phi) is 5.44. The van der Waals surface area contributed by atoms with E-state index in [1.165, 1.54) is 36.0 Å². The maximum atomic E-state index is 13.2. The lowest BCUT2D eigenvalue weighted by Crippen LogP contribution is -2.12. The molecule has 4 aromatic rings. The van der Waals surface area contributed by atoms with Crippen LogP contribution in [-0.4, -0.2) is 15.7 Å². The molecule has 0 aliphatic rings. The molecule has 0 saturated heterocycles. The first-order valence-corrected chi connectivity index (χ1v) is 9.79. The Bertz CT molecular complexity index is 1130. The summed E-state index contributed by atoms with van der Waals surface area (Å²) >= 11 is 1.48. The Labute approximate surface area is 172 Å². The van der Waals surface area contributed by atoms with Crippen LogP contribution in [-0.2, 0) is 0 Å². The lowest BCUT2D eigenvalue weighted by molar-refractivity contribution is 0.0718. The number of hydrogen-bond donors (Lipinski definition) is 0. The maximum absolute atomic E-state index is 13.2. The van der Waals surface area contributed by atoms with Crippen molar-refractivity contribution >= 4 is 17.7 Å². The van der Waals surface area contributed by atoms with Crippen molar-refractivity contribution in [1.82, 2.24) is 9.78 Å². The highest BCUT2D eigenvalue weighted by molar-refractivity contribution is 7.99. The number of nitrogens with zero attached hydrogens (tertiary/aromatic N) is 2. The zero-order valence-corrected chi connectivity index (χ0v) is 16.4. The smallest absolute Gasteiger partial charge is 0.344 e. The van der Waals surface area contributed by atoms with Gasteiger partial charge >= 0.3 is 5.97 Å². The zero-order valence-electron chi connectivity index (χ0n) is 15.6. The quantitative estimate of drug-likeness (QED) is 0.401. The average Bonchev–Trinajstić information content (AvgIpc) is 3.05. The molecule has 3 aromatic carbocycles. The van der Waals surface area contributed by atoms with E-state index < -0.39 is 11.8 Å². The molecule has 0 saturated carbocycles. The average molecular weight is 404 g/mol. The standard InChI is InChI=1S/C23H17FN2O2S/c1-16-21(29-20-10-6-3-7-11-20)22(26(25-16)19-8-4-2-5-9-19)28-23(27)17-12-14-18(24)15-13-17/h2-15H,1H3. The van der Waals surface area contributed by atoms with Crippen LogP contribution >= 0.6 is 11.8 Å². The van der Waals surface area contributed by atoms with Gasteiger partial charge in [-0.2, -0.15) is 9.78 Å². The molecular formula is C23H17FN2O2S. The third-order valence-electron chi connectivity index (χ3n) is 4.20. The largest absolute Gasteiger partial charge is 0.402 e. The molecule has 0 radical (unpaired) electrons. The van der Waals surface area contributed by atoms with Crippen LogP contribution in [0.2, 0.25) is 0 Å². The predicted molar refractivity (Wildman–Crippen MR) is 110 cm³/mol. The number of aryl methyl sites for hydroxylation is 1. The van der Waals surface area contributed by atoms with Crippen LogP contribution < -0.4 is 4.74 Å². The number of para-hydroxylation sites is 1. The lowest BCUT2D eigenvalue weighted by Gasteiger charge is -2.10. The lowest BCUT2D eigenvalue weighted by atomic mass is 10.2. The second-order valence-corrected chi connectivity index (χ2v) is 7.36. The molecule has 4 rings (SSSR count). The summed E-state index contributed by atoms with van der Waals surface area (Å²) < 4.78 is 20.6. The zero-order chi connectivity index (χ0) is 20.2. The predicted octanol–water partition coefficient (Wildman–Crippen LogP) is 5.69. The van der Waals surface area contributed by atoms with E-state index in [1.54, 1.807) is 4.68 Å². The first kappa shape index (κ1) is 19.0. The summed E-state index contributed by atoms with van der Waals surface area (Å²) in [7, 11) is 0. The summed E-state index contributed by atoms with van der Waals surface area (Å²) in [4.78, 5) is 14.5. The van der Waals surface area contributed by atoms with Crippen molar-refractivity contribution in [1.29, 1.82) is 0 Å². The molecule has 0 bridgehead atoms. The van der Waals surface area contributed by atoms with Crippen molar-refractivity contribution in [2.24, 2.45) is 0 Å². The fraction of sp³-hybridized carbons (Fsp3) is 0.0435. The van der Waals surface area contributed by atoms with E-state index in [9.17, 15) is 9.18 Å². The molecule has 29 heavy (non-hydrogen) atoms. The van der Waals surface area contributed by atoms with E-state index in [2.05, 4.69) is 5.10 Å². The van der Waals surface area contributed by atoms with E-state index in [-0.39, 0.29) is 5.56 Å². The van der Waals surface area contributed by atoms with Gasteiger partial charge in [0.25, 0.3) is 0 Å². The van der Waals surface area contributed by atoms with Crippen molar-refractivity contribution in [3.63, 3.8) is 0 Å². The molecule has 0 unspecified atom stereocenters. The van der Waals surface area contributed by atoms with Gasteiger partial charge < -0.3 is 4.74 Å². The topological polar surface area (TPSA) is 44.1 Å². The molecule has 0 atom stereocenters. The van der Waals surface area contributed by atoms with Crippen molar-refractivity contribution in [3.05, 3.63) is 102 Å². The van der Waals surface area contributed by atoms with E-state index in [0.717, 1.165) is 21.2 Å². The molecule has 1 aromatic heterocycles. The summed E-state index contributed by atoms with van der Waals surface area (Å²) in [6.07, 6.45) is 0. The molecule has 0 N–H and O–H groups in total. The van der Waals surface area contributed by atoms with Gasteiger partial charge in [-0.1, -0.05) is 48.2 Å². The molecule has 0 spiro atoms. The van der Waals surface area contributed by atoms with Crippen molar-refractivity contribution in [2.45, 2.75) is 16.7 Å². The number of carbonyl (C=O) groups excluding carboxylic acids is 1. The highest BCUT2D eigenvalue weighted by atomic mass is 32.2. The van der Waals surface area contributed by atoms with Gasteiger partial charge in [0, 0.05) is 4.90 Å². The summed E-state index contributed by atoms with van der Waals surface area (Å²) in [6.45, 7) is 1.87. The van der Waals surface area contributed by atoms with Crippen LogP contribution in [0.15, 0.2) is 94.7 Å². The Morgan fingerprint density at radius 3 is 2.21 bits per heavy atom. The molecule has 4 nitrogen and oxygen atoms in total. The van der Waals surface area contributed by atoms with Gasteiger partial charge in [0.15, 0.2) is 0 Å². The molecule has 1 heterocycles. The molecule has 144 valence electrons. The number of benzene rings is 3. The van der Waals surface area contributed by atoms with Crippen LogP contribution in [0.25, 0.3) is 5.69 Å². The number of esters is 1. The minimum absolute atomic E-state index is 0.264. The minimum atomic E-state index is -0.572. The number of ether oxygens (including phenoxy) is 1. The monoisotopic (exact) mass is 404 g/mol. The Balaban J connectivity index is 1.76. The van der Waals surface area contributed by atoms with Gasteiger partial charge in [-0.3, -0.25) is 0 Å². The highest BCUT2D eigenvalue weighted by Crippen LogP contribution is 2.39. The van der Waals surface area contributed by atoms with Gasteiger partial charge in [0.05, 0.1) is 21.8 Å². The second-order valence-electron chi connectivity index (χ2n) is 6.28. The van der Waals surface area contributed by atoms with Gasteiger partial charge in [-0.15, -0.1) is 0 Å². The van der Waals surface area contributed by atoms with Crippen LogP contribution in [0.3, 0.4) is 0 Å². The summed E-state index contributed by atoms with van der Waals surface area (Å²) in [5, 5.41) is 4.60. The van der Waals surface area contributed by atoms with E-state index in [4.69, 9.17) is 4.74 Å². The minimum Gasteiger partial charge on any atom is -0.402 e. The van der Waals surface area contributed by atoms with Crippen molar-refractivity contribution < 1.29 is 13.9 Å². The fourth-order valence-corrected chi connectivity index (χ4v) is 3.72. The SMILES string of the molecule is Cc1nn(-c2ccccc2)c(OC(=O)c2ccc(F)cc2)c1Sc1ccccc1. The molecule has 6 heteroatoms. The van der Waals surface area contributed by atoms with Crippen molar-refractivity contribution in [3.8, 4) is 11.6 Å². The van der Waals surface area contributed by atoms with Crippen LogP contribution in [0.5, 0.6) is 5.88 Å². The third-order valence-corrected chi connectivity index (χ3v) is 5.38. The third kappa shape index (κ3) is 4.22. The molecule has 0 fully saturated rings. The van der Waals surface area contributed by atoms with E-state index in [0.29, 0.717) is 5.88 Å². The van der Waals surface area contributed by atoms with Crippen LogP contribution in [0.1, 0.15) is 16.1 Å². The number of aromatic nitrogens is 2. The molecular weight excluding hydrogens is 387 g/mol. The Morgan fingerprint density at radius 2 is 1.55 bits per heavy atom. The number of hydrogen-bond acceptors (Lipinski definition) is 4. The number of carbonyl (C=O) groups is 1. The molecule has 0 aliphatic heterocycles. The van der Waals surface area contributed by atoms with Crippen LogP contribution in [0.4, 0.5) is 4.39 Å². The summed E-state index contributed by atoms with van der Waals surface area (Å²) in [5.74, 6) is -0.652. The van der Waals surface area contributed by atoms with Crippen LogP contribution in [0, 0.1) is 12.7 Å². The van der Waals surface area contributed by atoms with Crippen molar-refractivity contribution in [2.75, 3.05) is 0 Å². The van der Waals surface area contributed by atoms with Gasteiger partial charge in [-0.25, -0.2) is 9.18 Å². The number of halogens is 1. The Morgan fingerprint density at radius 1 is 0.931 bits per heavy atom. The first-order valence-electron chi connectivity index (χ1n) is 8.97. The first-order chi connectivity index (χ1) is 14.1. The van der Waals surface area contributed by atoms with Gasteiger partial charge in [0.1, 0.15) is 5.82 Å². The number of rotatable bonds is 5. The Hall–Kier alpha value is -3.38. The second kappa shape index (κ2) is 8.32. The van der Waals surface area contributed by atoms with Gasteiger partial charge in [-0.05, 0) is 55.5 Å². The van der Waals surface area contributed by atoms with Gasteiger partial charge in [0.2, 0.25) is 5.88 Å². The van der Waals surface area contributed by atoms with E-state index >= 15 is 0 Å². The summed E-state index contributed by atoms with van der Waals surface area (Å²) in [6, 6.07) is 24.5. The van der Waals surface area contributed by atoms with E-state index in [1.807, 2.05) is 67.6 Å². The highest BCUT2D eigenvalue weighted by Gasteiger charge is 2.22. The maximum Gasteiger partial charge on any atom is 0.344 e. The molecule has 0 amide bonds. The summed E-state index contributed by atoms with van der Waals surface area (Å²) in [5.41, 5.74) is 1.78.